The van der Waals surface area contributed by atoms with Crippen molar-refractivity contribution in [1.29, 1.82) is 0 Å². The molecule has 0 spiro atoms. The second-order valence-corrected chi connectivity index (χ2v) is 21.0. The number of aliphatic hydroxyl groups excluding tert-OH is 1. The molecule has 12 nitrogen and oxygen atoms in total. The number of nitrogens with one attached hydrogen (secondary N) is 1. The smallest absolute Gasteiger partial charge is 0.337 e. The lowest BCUT2D eigenvalue weighted by atomic mass is 9.92. The van der Waals surface area contributed by atoms with Crippen LogP contribution in [-0.4, -0.2) is 88.6 Å². The van der Waals surface area contributed by atoms with Gasteiger partial charge >= 0.3 is 5.97 Å². The first-order valence-electron chi connectivity index (χ1n) is 17.7. The number of fused-ring (bicyclic) bond motifs is 1. The molecule has 3 heterocycles. The standard InChI is InChI=1S/C38H57N5O7Si/c1-12-21-48-38(9)17-19-42(20-18-38)34-31(32(35(46)47)49-36(3,4)5)25(2)40-30-23-28(41-43(30)34)33(45)39-24-27(44)22-26-15-13-14-16-29(26)50-51(10,11)37(6,7)8/h12-16,23,27,32,44H,1,17-22,24H2,2-11H3,(H,39,45)(H,46,47). The molecule has 1 aromatic carbocycles. The van der Waals surface area contributed by atoms with Gasteiger partial charge in [0.05, 0.1) is 29.5 Å². The monoisotopic (exact) mass is 723 g/mol. The van der Waals surface area contributed by atoms with E-state index in [1.165, 1.54) is 4.52 Å². The predicted molar refractivity (Wildman–Crippen MR) is 201 cm³/mol. The lowest BCUT2D eigenvalue weighted by molar-refractivity contribution is -0.160. The number of piperidine rings is 1. The summed E-state index contributed by atoms with van der Waals surface area (Å²) in [6, 6.07) is 9.27. The number of benzene rings is 1. The fourth-order valence-electron chi connectivity index (χ4n) is 5.85. The number of hydrogen-bond donors (Lipinski definition) is 3. The topological polar surface area (TPSA) is 148 Å². The molecule has 1 aliphatic heterocycles. The van der Waals surface area contributed by atoms with Crippen molar-refractivity contribution in [2.45, 2.75) is 116 Å². The van der Waals surface area contributed by atoms with Crippen LogP contribution in [0.25, 0.3) is 5.65 Å². The summed E-state index contributed by atoms with van der Waals surface area (Å²) in [7, 11) is -2.11. The third kappa shape index (κ3) is 9.76. The fraction of sp³-hybridized carbons (Fsp3) is 0.579. The third-order valence-electron chi connectivity index (χ3n) is 9.76. The second-order valence-electron chi connectivity index (χ2n) is 16.3. The zero-order valence-electron chi connectivity index (χ0n) is 32.0. The quantitative estimate of drug-likeness (QED) is 0.129. The van der Waals surface area contributed by atoms with Crippen molar-refractivity contribution < 1.29 is 33.7 Å². The van der Waals surface area contributed by atoms with E-state index in [0.717, 1.165) is 11.3 Å². The van der Waals surface area contributed by atoms with Gasteiger partial charge in [0.1, 0.15) is 11.6 Å². The van der Waals surface area contributed by atoms with Gasteiger partial charge < -0.3 is 34.3 Å². The van der Waals surface area contributed by atoms with Crippen LogP contribution in [-0.2, 0) is 20.7 Å². The molecule has 3 aromatic rings. The Bertz CT molecular complexity index is 1720. The number of aliphatic hydroxyl groups is 1. The van der Waals surface area contributed by atoms with Gasteiger partial charge in [-0.2, -0.15) is 9.61 Å². The van der Waals surface area contributed by atoms with E-state index < -0.39 is 38.0 Å². The SMILES string of the molecule is C=CCOC1(C)CCN(c2c(C(OC(C)(C)C)C(=O)O)c(C)nc3cc(C(=O)NCC(O)Cc4ccccc4O[Si](C)(C)C(C)(C)C)nn23)CC1. The number of rotatable bonds is 14. The largest absolute Gasteiger partial charge is 0.543 e. The molecule has 280 valence electrons. The van der Waals surface area contributed by atoms with Crippen LogP contribution < -0.4 is 14.6 Å². The lowest BCUT2D eigenvalue weighted by Crippen LogP contribution is -2.45. The van der Waals surface area contributed by atoms with Crippen molar-refractivity contribution in [1.82, 2.24) is 19.9 Å². The summed E-state index contributed by atoms with van der Waals surface area (Å²) >= 11 is 0. The third-order valence-corrected chi connectivity index (χ3v) is 14.1. The average molecular weight is 724 g/mol. The van der Waals surface area contributed by atoms with E-state index in [-0.39, 0.29) is 22.9 Å². The Morgan fingerprint density at radius 3 is 2.37 bits per heavy atom. The summed E-state index contributed by atoms with van der Waals surface area (Å²) in [5.74, 6) is -0.375. The molecule has 51 heavy (non-hydrogen) atoms. The molecule has 2 atom stereocenters. The van der Waals surface area contributed by atoms with Crippen LogP contribution >= 0.6 is 0 Å². The molecular weight excluding hydrogens is 667 g/mol. The van der Waals surface area contributed by atoms with Gasteiger partial charge in [0.25, 0.3) is 5.91 Å². The van der Waals surface area contributed by atoms with E-state index in [0.29, 0.717) is 61.7 Å². The summed E-state index contributed by atoms with van der Waals surface area (Å²) in [4.78, 5) is 33.0. The molecule has 1 aliphatic rings. The average Bonchev–Trinajstić information content (AvgIpc) is 3.45. The summed E-state index contributed by atoms with van der Waals surface area (Å²) < 4.78 is 20.3. The summed E-state index contributed by atoms with van der Waals surface area (Å²) in [6.07, 6.45) is 1.16. The van der Waals surface area contributed by atoms with Crippen molar-refractivity contribution in [3.8, 4) is 5.75 Å². The number of carbonyl (C=O) groups excluding carboxylic acids is 1. The van der Waals surface area contributed by atoms with Gasteiger partial charge in [-0.1, -0.05) is 45.0 Å². The Morgan fingerprint density at radius 1 is 1.14 bits per heavy atom. The van der Waals surface area contributed by atoms with Crippen LogP contribution in [0.2, 0.25) is 18.1 Å². The molecule has 2 unspecified atom stereocenters. The van der Waals surface area contributed by atoms with E-state index in [4.69, 9.17) is 18.9 Å². The number of ether oxygens (including phenoxy) is 2. The Kier molecular flexibility index (Phi) is 12.1. The molecule has 2 aromatic heterocycles. The van der Waals surface area contributed by atoms with Gasteiger partial charge in [-0.05, 0) is 77.2 Å². The predicted octanol–water partition coefficient (Wildman–Crippen LogP) is 6.26. The molecular formula is C38H57N5O7Si. The lowest BCUT2D eigenvalue weighted by Gasteiger charge is -2.41. The number of carboxylic acid groups (broad SMARTS) is 1. The minimum absolute atomic E-state index is 0.0113. The maximum atomic E-state index is 13.5. The normalized spacial score (nSPS) is 16.5. The number of carbonyl (C=O) groups is 2. The highest BCUT2D eigenvalue weighted by Crippen LogP contribution is 2.39. The summed E-state index contributed by atoms with van der Waals surface area (Å²) in [6.45, 7) is 25.4. The van der Waals surface area contributed by atoms with E-state index in [1.54, 1.807) is 39.8 Å². The minimum atomic E-state index is -2.11. The van der Waals surface area contributed by atoms with Crippen molar-refractivity contribution >= 4 is 31.7 Å². The van der Waals surface area contributed by atoms with Crippen LogP contribution in [0.15, 0.2) is 43.0 Å². The molecule has 4 rings (SSSR count). The van der Waals surface area contributed by atoms with Crippen molar-refractivity contribution in [3.05, 3.63) is 65.5 Å². The molecule has 0 saturated carbocycles. The number of para-hydroxylation sites is 1. The molecule has 1 fully saturated rings. The Hall–Kier alpha value is -3.78. The fourth-order valence-corrected chi connectivity index (χ4v) is 6.90. The first kappa shape index (κ1) is 40.0. The first-order chi connectivity index (χ1) is 23.6. The maximum Gasteiger partial charge on any atom is 0.337 e. The zero-order valence-corrected chi connectivity index (χ0v) is 33.0. The van der Waals surface area contributed by atoms with E-state index >= 15 is 0 Å². The first-order valence-corrected chi connectivity index (χ1v) is 20.6. The van der Waals surface area contributed by atoms with Crippen molar-refractivity contribution in [2.24, 2.45) is 0 Å². The molecule has 0 bridgehead atoms. The van der Waals surface area contributed by atoms with Gasteiger partial charge in [0, 0.05) is 37.8 Å². The van der Waals surface area contributed by atoms with Gasteiger partial charge in [0.2, 0.25) is 8.32 Å². The molecule has 1 amide bonds. The van der Waals surface area contributed by atoms with Crippen LogP contribution in [0, 0.1) is 6.92 Å². The number of anilines is 1. The van der Waals surface area contributed by atoms with E-state index in [2.05, 4.69) is 62.7 Å². The molecule has 1 saturated heterocycles. The van der Waals surface area contributed by atoms with Gasteiger partial charge in [0.15, 0.2) is 17.4 Å². The molecule has 0 radical (unpaired) electrons. The second kappa shape index (κ2) is 15.4. The number of hydrogen-bond acceptors (Lipinski definition) is 9. The molecule has 0 aliphatic carbocycles. The van der Waals surface area contributed by atoms with Crippen LogP contribution in [0.5, 0.6) is 5.75 Å². The van der Waals surface area contributed by atoms with Gasteiger partial charge in [-0.3, -0.25) is 4.79 Å². The van der Waals surface area contributed by atoms with Crippen LogP contribution in [0.1, 0.15) is 94.7 Å². The molecule has 13 heteroatoms. The Balaban J connectivity index is 1.62. The number of nitrogens with zero attached hydrogens (tertiary/aromatic N) is 4. The summed E-state index contributed by atoms with van der Waals surface area (Å²) in [5.41, 5.74) is 1.06. The number of aliphatic carboxylic acids is 1. The Morgan fingerprint density at radius 2 is 1.78 bits per heavy atom. The maximum absolute atomic E-state index is 13.5. The highest BCUT2D eigenvalue weighted by atomic mass is 28.4. The van der Waals surface area contributed by atoms with Crippen LogP contribution in [0.4, 0.5) is 5.82 Å². The minimum Gasteiger partial charge on any atom is -0.543 e. The number of carboxylic acids is 1. The van der Waals surface area contributed by atoms with Crippen LogP contribution in [0.3, 0.4) is 0 Å². The number of aromatic nitrogens is 3. The number of amides is 1. The highest BCUT2D eigenvalue weighted by Gasteiger charge is 2.40. The molecule has 3 N–H and O–H groups in total. The highest BCUT2D eigenvalue weighted by molar-refractivity contribution is 6.74. The van der Waals surface area contributed by atoms with E-state index in [1.807, 2.05) is 24.3 Å². The van der Waals surface area contributed by atoms with Crippen molar-refractivity contribution in [3.63, 3.8) is 0 Å². The van der Waals surface area contributed by atoms with Gasteiger partial charge in [-0.25, -0.2) is 9.78 Å². The number of aryl methyl sites for hydroxylation is 1. The van der Waals surface area contributed by atoms with Crippen molar-refractivity contribution in [2.75, 3.05) is 31.1 Å². The Labute approximate surface area is 303 Å². The summed E-state index contributed by atoms with van der Waals surface area (Å²) in [5, 5.41) is 28.9. The van der Waals surface area contributed by atoms with Gasteiger partial charge in [-0.15, -0.1) is 6.58 Å². The van der Waals surface area contributed by atoms with E-state index in [9.17, 15) is 19.8 Å². The zero-order chi connectivity index (χ0) is 37.9.